The minimum Gasteiger partial charge on any atom is -0.293 e. The highest BCUT2D eigenvalue weighted by atomic mass is 79.9. The van der Waals surface area contributed by atoms with E-state index >= 15 is 0 Å². The molecule has 1 aromatic carbocycles. The van der Waals surface area contributed by atoms with E-state index < -0.39 is 28.6 Å². The molecule has 6 heteroatoms. The van der Waals surface area contributed by atoms with Crippen LogP contribution in [0.1, 0.15) is 21.5 Å². The summed E-state index contributed by atoms with van der Waals surface area (Å²) in [5.41, 5.74) is -2.19. The smallest absolute Gasteiger partial charge is 0.293 e. The van der Waals surface area contributed by atoms with Crippen molar-refractivity contribution in [3.8, 4) is 6.07 Å². The van der Waals surface area contributed by atoms with Crippen molar-refractivity contribution in [1.29, 1.82) is 5.26 Å². The molecule has 0 aromatic heterocycles. The van der Waals surface area contributed by atoms with Gasteiger partial charge in [-0.05, 0) is 6.07 Å². The van der Waals surface area contributed by atoms with Crippen molar-refractivity contribution in [3.05, 3.63) is 34.9 Å². The Hall–Kier alpha value is -1.35. The third-order valence-electron chi connectivity index (χ3n) is 1.89. The molecule has 0 saturated heterocycles. The molecule has 1 rings (SSSR count). The van der Waals surface area contributed by atoms with Gasteiger partial charge in [0.05, 0.1) is 22.5 Å². The number of carbonyl (C=O) groups excluding carboxylic acids is 1. The molecule has 0 radical (unpaired) electrons. The van der Waals surface area contributed by atoms with Gasteiger partial charge in [0, 0.05) is 5.56 Å². The van der Waals surface area contributed by atoms with Gasteiger partial charge in [0.2, 0.25) is 0 Å². The van der Waals surface area contributed by atoms with Gasteiger partial charge in [0.15, 0.2) is 5.78 Å². The Kier molecular flexibility index (Phi) is 3.70. The number of hydrogen-bond donors (Lipinski definition) is 0. The molecular formula is C10H5BrF3NO. The van der Waals surface area contributed by atoms with E-state index in [1.165, 1.54) is 12.1 Å². The van der Waals surface area contributed by atoms with Crippen molar-refractivity contribution in [2.24, 2.45) is 0 Å². The molecule has 0 aliphatic carbocycles. The summed E-state index contributed by atoms with van der Waals surface area (Å²) in [5, 5.41) is 8.37. The molecule has 0 atom stereocenters. The average Bonchev–Trinajstić information content (AvgIpc) is 2.25. The molecule has 16 heavy (non-hydrogen) atoms. The molecule has 0 amide bonds. The first kappa shape index (κ1) is 12.7. The first-order valence-electron chi connectivity index (χ1n) is 4.11. The van der Waals surface area contributed by atoms with Crippen LogP contribution in [0.3, 0.4) is 0 Å². The number of nitrogens with zero attached hydrogens (tertiary/aromatic N) is 1. The second-order valence-electron chi connectivity index (χ2n) is 2.89. The first-order chi connectivity index (χ1) is 7.41. The minimum atomic E-state index is -4.71. The van der Waals surface area contributed by atoms with Gasteiger partial charge in [-0.3, -0.25) is 4.79 Å². The van der Waals surface area contributed by atoms with Crippen LogP contribution in [-0.4, -0.2) is 11.1 Å². The summed E-state index contributed by atoms with van der Waals surface area (Å²) in [4.78, 5) is 11.3. The molecule has 0 saturated carbocycles. The second kappa shape index (κ2) is 4.66. The highest BCUT2D eigenvalue weighted by Gasteiger charge is 2.37. The first-order valence-corrected chi connectivity index (χ1v) is 5.23. The largest absolute Gasteiger partial charge is 0.418 e. The monoisotopic (exact) mass is 291 g/mol. The number of nitriles is 1. The summed E-state index contributed by atoms with van der Waals surface area (Å²) < 4.78 is 38.0. The topological polar surface area (TPSA) is 40.9 Å². The zero-order chi connectivity index (χ0) is 12.3. The number of rotatable bonds is 2. The normalized spacial score (nSPS) is 10.9. The predicted molar refractivity (Wildman–Crippen MR) is 54.3 cm³/mol. The quantitative estimate of drug-likeness (QED) is 0.620. The van der Waals surface area contributed by atoms with E-state index in [1.807, 2.05) is 0 Å². The van der Waals surface area contributed by atoms with Gasteiger partial charge >= 0.3 is 6.18 Å². The Morgan fingerprint density at radius 1 is 1.44 bits per heavy atom. The lowest BCUT2D eigenvalue weighted by Gasteiger charge is -2.12. The summed E-state index contributed by atoms with van der Waals surface area (Å²) in [7, 11) is 0. The number of Topliss-reactive ketones (excluding diaryl/α,β-unsaturated/α-hetero) is 1. The maximum absolute atomic E-state index is 12.7. The van der Waals surface area contributed by atoms with Crippen LogP contribution in [0.5, 0.6) is 0 Å². The Balaban J connectivity index is 3.52. The van der Waals surface area contributed by atoms with Crippen LogP contribution in [-0.2, 0) is 6.18 Å². The van der Waals surface area contributed by atoms with Crippen LogP contribution >= 0.6 is 15.9 Å². The molecule has 0 N–H and O–H groups in total. The molecule has 0 heterocycles. The van der Waals surface area contributed by atoms with E-state index in [9.17, 15) is 18.0 Å². The summed E-state index contributed by atoms with van der Waals surface area (Å²) in [6.07, 6.45) is -4.71. The molecule has 1 aromatic rings. The van der Waals surface area contributed by atoms with Crippen molar-refractivity contribution >= 4 is 21.7 Å². The van der Waals surface area contributed by atoms with Gasteiger partial charge in [-0.15, -0.1) is 0 Å². The fraction of sp³-hybridized carbons (Fsp3) is 0.200. The number of benzene rings is 1. The lowest BCUT2D eigenvalue weighted by molar-refractivity contribution is -0.138. The minimum absolute atomic E-state index is 0.217. The molecule has 84 valence electrons. The van der Waals surface area contributed by atoms with E-state index in [2.05, 4.69) is 15.9 Å². The molecule has 0 spiro atoms. The van der Waals surface area contributed by atoms with Crippen molar-refractivity contribution in [3.63, 3.8) is 0 Å². The average molecular weight is 292 g/mol. The zero-order valence-corrected chi connectivity index (χ0v) is 9.39. The zero-order valence-electron chi connectivity index (χ0n) is 7.81. The van der Waals surface area contributed by atoms with Crippen molar-refractivity contribution in [1.82, 2.24) is 0 Å². The Bertz CT molecular complexity index is 462. The maximum Gasteiger partial charge on any atom is 0.418 e. The summed E-state index contributed by atoms with van der Waals surface area (Å²) in [5.74, 6) is -0.704. The van der Waals surface area contributed by atoms with Crippen molar-refractivity contribution < 1.29 is 18.0 Å². The third-order valence-corrected chi connectivity index (χ3v) is 2.40. The highest BCUT2D eigenvalue weighted by molar-refractivity contribution is 9.09. The highest BCUT2D eigenvalue weighted by Crippen LogP contribution is 2.34. The number of alkyl halides is 4. The van der Waals surface area contributed by atoms with Gasteiger partial charge < -0.3 is 0 Å². The van der Waals surface area contributed by atoms with E-state index in [1.54, 1.807) is 0 Å². The van der Waals surface area contributed by atoms with Crippen LogP contribution in [0.2, 0.25) is 0 Å². The molecule has 0 aliphatic rings. The Morgan fingerprint density at radius 3 is 2.50 bits per heavy atom. The van der Waals surface area contributed by atoms with Crippen LogP contribution in [0.4, 0.5) is 13.2 Å². The van der Waals surface area contributed by atoms with Crippen LogP contribution in [0.25, 0.3) is 0 Å². The number of carbonyl (C=O) groups is 1. The van der Waals surface area contributed by atoms with Gasteiger partial charge in [-0.2, -0.15) is 18.4 Å². The number of halogens is 4. The molecular weight excluding hydrogens is 287 g/mol. The number of ketones is 1. The molecule has 0 aliphatic heterocycles. The SMILES string of the molecule is N#Cc1cccc(C(=O)CBr)c1C(F)(F)F. The Labute approximate surface area is 97.8 Å². The van der Waals surface area contributed by atoms with Crippen LogP contribution < -0.4 is 0 Å². The predicted octanol–water partition coefficient (Wildman–Crippen LogP) is 3.15. The van der Waals surface area contributed by atoms with Crippen LogP contribution in [0, 0.1) is 11.3 Å². The standard InChI is InChI=1S/C10H5BrF3NO/c11-4-8(16)7-3-1-2-6(5-15)9(7)10(12,13)14/h1-3H,4H2. The summed E-state index contributed by atoms with van der Waals surface area (Å²) in [6, 6.07) is 4.79. The lowest BCUT2D eigenvalue weighted by Crippen LogP contribution is -2.15. The molecule has 0 unspecified atom stereocenters. The Morgan fingerprint density at radius 2 is 2.06 bits per heavy atom. The molecule has 2 nitrogen and oxygen atoms in total. The second-order valence-corrected chi connectivity index (χ2v) is 3.46. The summed E-state index contributed by atoms with van der Waals surface area (Å²) >= 11 is 2.80. The van der Waals surface area contributed by atoms with Crippen molar-refractivity contribution in [2.45, 2.75) is 6.18 Å². The van der Waals surface area contributed by atoms with E-state index in [-0.39, 0.29) is 5.33 Å². The van der Waals surface area contributed by atoms with Gasteiger partial charge in [0.25, 0.3) is 0 Å². The maximum atomic E-state index is 12.7. The van der Waals surface area contributed by atoms with Gasteiger partial charge in [0.1, 0.15) is 0 Å². The van der Waals surface area contributed by atoms with Gasteiger partial charge in [-0.1, -0.05) is 28.1 Å². The van der Waals surface area contributed by atoms with Crippen molar-refractivity contribution in [2.75, 3.05) is 5.33 Å². The fourth-order valence-corrected chi connectivity index (χ4v) is 1.56. The third kappa shape index (κ3) is 2.42. The van der Waals surface area contributed by atoms with Gasteiger partial charge in [-0.25, -0.2) is 0 Å². The molecule has 0 fully saturated rings. The summed E-state index contributed by atoms with van der Waals surface area (Å²) in [6.45, 7) is 0. The molecule has 0 bridgehead atoms. The van der Waals surface area contributed by atoms with Crippen LogP contribution in [0.15, 0.2) is 18.2 Å². The fourth-order valence-electron chi connectivity index (χ4n) is 1.26. The lowest BCUT2D eigenvalue weighted by atomic mass is 9.99. The van der Waals surface area contributed by atoms with E-state index in [0.717, 1.165) is 12.1 Å². The van der Waals surface area contributed by atoms with E-state index in [0.29, 0.717) is 0 Å². The number of hydrogen-bond acceptors (Lipinski definition) is 2. The van der Waals surface area contributed by atoms with E-state index in [4.69, 9.17) is 5.26 Å².